The molecule has 0 aromatic heterocycles. The molecule has 0 saturated carbocycles. The second kappa shape index (κ2) is 5.58. The molecule has 0 bridgehead atoms. The molecule has 0 amide bonds. The van der Waals surface area contributed by atoms with Crippen LogP contribution < -0.4 is 5.73 Å². The molecule has 0 heterocycles. The lowest BCUT2D eigenvalue weighted by Crippen LogP contribution is -2.17. The predicted molar refractivity (Wildman–Crippen MR) is 55.8 cm³/mol. The first-order chi connectivity index (χ1) is 5.72. The van der Waals surface area contributed by atoms with E-state index < -0.39 is 0 Å². The van der Waals surface area contributed by atoms with Crippen molar-refractivity contribution in [3.05, 3.63) is 35.4 Å². The van der Waals surface area contributed by atoms with Crippen LogP contribution in [0.1, 0.15) is 18.1 Å². The van der Waals surface area contributed by atoms with Crippen molar-refractivity contribution in [3.8, 4) is 6.07 Å². The minimum atomic E-state index is 0. The second-order valence-corrected chi connectivity index (χ2v) is 2.99. The molecule has 1 aromatic rings. The standard InChI is InChI=1S/C10H12N2.ClH/c1-8(12)6-9-2-4-10(7-11)5-3-9;/h2-5,8H,6,12H2,1H3;1H/t8-;/m0./s1. The highest BCUT2D eigenvalue weighted by molar-refractivity contribution is 5.85. The van der Waals surface area contributed by atoms with E-state index in [-0.39, 0.29) is 18.4 Å². The topological polar surface area (TPSA) is 49.8 Å². The van der Waals surface area contributed by atoms with E-state index in [1.807, 2.05) is 31.2 Å². The van der Waals surface area contributed by atoms with E-state index in [1.54, 1.807) is 0 Å². The van der Waals surface area contributed by atoms with Crippen molar-refractivity contribution in [2.24, 2.45) is 5.73 Å². The summed E-state index contributed by atoms with van der Waals surface area (Å²) in [4.78, 5) is 0. The molecular weight excluding hydrogens is 184 g/mol. The first-order valence-corrected chi connectivity index (χ1v) is 3.97. The summed E-state index contributed by atoms with van der Waals surface area (Å²) in [5, 5.41) is 8.54. The molecule has 2 nitrogen and oxygen atoms in total. The summed E-state index contributed by atoms with van der Waals surface area (Å²) in [6, 6.07) is 9.78. The Morgan fingerprint density at radius 2 is 1.92 bits per heavy atom. The fourth-order valence-corrected chi connectivity index (χ4v) is 1.09. The van der Waals surface area contributed by atoms with Crippen molar-refractivity contribution in [1.29, 1.82) is 5.26 Å². The van der Waals surface area contributed by atoms with E-state index in [0.29, 0.717) is 5.56 Å². The minimum absolute atomic E-state index is 0. The van der Waals surface area contributed by atoms with Gasteiger partial charge in [0.25, 0.3) is 0 Å². The molecule has 0 fully saturated rings. The van der Waals surface area contributed by atoms with E-state index in [2.05, 4.69) is 6.07 Å². The lowest BCUT2D eigenvalue weighted by atomic mass is 10.1. The summed E-state index contributed by atoms with van der Waals surface area (Å²) in [5.41, 5.74) is 7.51. The maximum absolute atomic E-state index is 8.54. The Hall–Kier alpha value is -1.04. The molecule has 13 heavy (non-hydrogen) atoms. The average molecular weight is 197 g/mol. The van der Waals surface area contributed by atoms with Crippen LogP contribution in [-0.4, -0.2) is 6.04 Å². The van der Waals surface area contributed by atoms with Gasteiger partial charge in [-0.3, -0.25) is 0 Å². The lowest BCUT2D eigenvalue weighted by Gasteiger charge is -2.03. The van der Waals surface area contributed by atoms with Crippen LogP contribution in [0.2, 0.25) is 0 Å². The summed E-state index contributed by atoms with van der Waals surface area (Å²) < 4.78 is 0. The first-order valence-electron chi connectivity index (χ1n) is 3.97. The van der Waals surface area contributed by atoms with Crippen molar-refractivity contribution in [3.63, 3.8) is 0 Å². The van der Waals surface area contributed by atoms with Gasteiger partial charge in [0.1, 0.15) is 0 Å². The summed E-state index contributed by atoms with van der Waals surface area (Å²) in [6.07, 6.45) is 0.867. The van der Waals surface area contributed by atoms with Crippen LogP contribution in [0.15, 0.2) is 24.3 Å². The van der Waals surface area contributed by atoms with Gasteiger partial charge in [0.05, 0.1) is 11.6 Å². The van der Waals surface area contributed by atoms with E-state index in [4.69, 9.17) is 11.0 Å². The molecule has 0 spiro atoms. The van der Waals surface area contributed by atoms with Crippen molar-refractivity contribution >= 4 is 12.4 Å². The van der Waals surface area contributed by atoms with Gasteiger partial charge < -0.3 is 5.73 Å². The predicted octanol–water partition coefficient (Wildman–Crippen LogP) is 1.87. The Morgan fingerprint density at radius 1 is 1.38 bits per heavy atom. The van der Waals surface area contributed by atoms with Crippen LogP contribution in [-0.2, 0) is 6.42 Å². The van der Waals surface area contributed by atoms with Crippen LogP contribution >= 0.6 is 12.4 Å². The number of hydrogen-bond donors (Lipinski definition) is 1. The summed E-state index contributed by atoms with van der Waals surface area (Å²) >= 11 is 0. The summed E-state index contributed by atoms with van der Waals surface area (Å²) in [5.74, 6) is 0. The maximum atomic E-state index is 8.54. The Labute approximate surface area is 84.8 Å². The smallest absolute Gasteiger partial charge is 0.0991 e. The number of halogens is 1. The number of nitrogens with two attached hydrogens (primary N) is 1. The molecule has 0 aliphatic heterocycles. The number of nitriles is 1. The minimum Gasteiger partial charge on any atom is -0.328 e. The van der Waals surface area contributed by atoms with Crippen LogP contribution in [0.25, 0.3) is 0 Å². The van der Waals surface area contributed by atoms with Crippen molar-refractivity contribution < 1.29 is 0 Å². The quantitative estimate of drug-likeness (QED) is 0.785. The van der Waals surface area contributed by atoms with Gasteiger partial charge in [-0.2, -0.15) is 5.26 Å². The zero-order chi connectivity index (χ0) is 8.97. The molecule has 3 heteroatoms. The molecule has 0 unspecified atom stereocenters. The van der Waals surface area contributed by atoms with Crippen LogP contribution in [0.5, 0.6) is 0 Å². The average Bonchev–Trinajstić information content (AvgIpc) is 2.05. The van der Waals surface area contributed by atoms with Gasteiger partial charge in [-0.25, -0.2) is 0 Å². The Bertz CT molecular complexity index is 285. The van der Waals surface area contributed by atoms with Gasteiger partial charge >= 0.3 is 0 Å². The molecule has 70 valence electrons. The molecule has 2 N–H and O–H groups in total. The SMILES string of the molecule is C[C@H](N)Cc1ccc(C#N)cc1.Cl. The van der Waals surface area contributed by atoms with Gasteiger partial charge in [-0.15, -0.1) is 12.4 Å². The molecule has 1 aromatic carbocycles. The third kappa shape index (κ3) is 3.93. The molecule has 0 radical (unpaired) electrons. The Kier molecular flexibility index (Phi) is 5.13. The van der Waals surface area contributed by atoms with Gasteiger partial charge in [0, 0.05) is 6.04 Å². The third-order valence-electron chi connectivity index (χ3n) is 1.64. The van der Waals surface area contributed by atoms with E-state index >= 15 is 0 Å². The van der Waals surface area contributed by atoms with E-state index in [1.165, 1.54) is 5.56 Å². The molecular formula is C10H13ClN2. The number of hydrogen-bond acceptors (Lipinski definition) is 2. The lowest BCUT2D eigenvalue weighted by molar-refractivity contribution is 0.738. The monoisotopic (exact) mass is 196 g/mol. The van der Waals surface area contributed by atoms with Crippen molar-refractivity contribution in [1.82, 2.24) is 0 Å². The molecule has 0 aliphatic carbocycles. The highest BCUT2D eigenvalue weighted by atomic mass is 35.5. The van der Waals surface area contributed by atoms with Crippen LogP contribution in [0.4, 0.5) is 0 Å². The van der Waals surface area contributed by atoms with Crippen LogP contribution in [0.3, 0.4) is 0 Å². The van der Waals surface area contributed by atoms with E-state index in [9.17, 15) is 0 Å². The number of benzene rings is 1. The highest BCUT2D eigenvalue weighted by Crippen LogP contribution is 2.04. The summed E-state index contributed by atoms with van der Waals surface area (Å²) in [6.45, 7) is 1.97. The van der Waals surface area contributed by atoms with Crippen molar-refractivity contribution in [2.75, 3.05) is 0 Å². The largest absolute Gasteiger partial charge is 0.328 e. The molecule has 0 aliphatic rings. The zero-order valence-electron chi connectivity index (χ0n) is 7.53. The first kappa shape index (κ1) is 12.0. The number of rotatable bonds is 2. The Balaban J connectivity index is 0.00000144. The van der Waals surface area contributed by atoms with E-state index in [0.717, 1.165) is 6.42 Å². The normalized spacial score (nSPS) is 11.2. The van der Waals surface area contributed by atoms with Gasteiger partial charge in [0.15, 0.2) is 0 Å². The van der Waals surface area contributed by atoms with Gasteiger partial charge in [0.2, 0.25) is 0 Å². The number of nitrogens with zero attached hydrogens (tertiary/aromatic N) is 1. The maximum Gasteiger partial charge on any atom is 0.0991 e. The Morgan fingerprint density at radius 3 is 2.31 bits per heavy atom. The van der Waals surface area contributed by atoms with Crippen LogP contribution in [0, 0.1) is 11.3 Å². The molecule has 0 saturated heterocycles. The fourth-order valence-electron chi connectivity index (χ4n) is 1.09. The third-order valence-corrected chi connectivity index (χ3v) is 1.64. The second-order valence-electron chi connectivity index (χ2n) is 2.99. The molecule has 1 atom stereocenters. The highest BCUT2D eigenvalue weighted by Gasteiger charge is 1.97. The summed E-state index contributed by atoms with van der Waals surface area (Å²) in [7, 11) is 0. The molecule has 1 rings (SSSR count). The van der Waals surface area contributed by atoms with Crippen molar-refractivity contribution in [2.45, 2.75) is 19.4 Å². The van der Waals surface area contributed by atoms with Gasteiger partial charge in [-0.1, -0.05) is 12.1 Å². The van der Waals surface area contributed by atoms with Gasteiger partial charge in [-0.05, 0) is 31.0 Å². The fraction of sp³-hybridized carbons (Fsp3) is 0.300. The zero-order valence-corrected chi connectivity index (χ0v) is 8.34.